The second-order valence-electron chi connectivity index (χ2n) is 1.46. The summed E-state index contributed by atoms with van der Waals surface area (Å²) in [6.45, 7) is 0. The van der Waals surface area contributed by atoms with Crippen LogP contribution in [0.15, 0.2) is 30.3 Å². The molecule has 0 aromatic heterocycles. The van der Waals surface area contributed by atoms with Crippen molar-refractivity contribution in [1.82, 2.24) is 0 Å². The van der Waals surface area contributed by atoms with Gasteiger partial charge in [0.15, 0.2) is 0 Å². The zero-order valence-electron chi connectivity index (χ0n) is 5.50. The molecular weight excluding hydrogens is 107 g/mol. The van der Waals surface area contributed by atoms with Gasteiger partial charge in [0, 0.05) is 0 Å². The van der Waals surface area contributed by atoms with Gasteiger partial charge in [0.1, 0.15) is 0 Å². The average molecular weight is 114 g/mol. The van der Waals surface area contributed by atoms with Gasteiger partial charge in [-0.1, -0.05) is 18.2 Å². The van der Waals surface area contributed by atoms with Crippen molar-refractivity contribution in [3.05, 3.63) is 37.4 Å². The quantitative estimate of drug-likeness (QED) is 0.331. The Labute approximate surface area is 67.2 Å². The molecule has 0 aliphatic rings. The maximum absolute atomic E-state index is 4.66. The summed E-state index contributed by atoms with van der Waals surface area (Å²) in [6, 6.07) is 9.45. The fraction of sp³-hybridized carbons (Fsp3) is 0. The molecule has 0 N–H and O–H groups in total. The van der Waals surface area contributed by atoms with Gasteiger partial charge in [-0.15, -0.1) is 0 Å². The maximum atomic E-state index is 4.66. The second kappa shape index (κ2) is 4.49. The van der Waals surface area contributed by atoms with E-state index in [0.29, 0.717) is 0 Å². The van der Waals surface area contributed by atoms with Crippen LogP contribution in [-0.2, 0) is 0 Å². The summed E-state index contributed by atoms with van der Waals surface area (Å²) in [5, 5.41) is 0. The molecule has 0 saturated carbocycles. The van der Waals surface area contributed by atoms with Gasteiger partial charge >= 0.3 is 18.9 Å². The molecule has 2 heteroatoms. The molecule has 0 saturated heterocycles. The fourth-order valence-electron chi connectivity index (χ4n) is 0.517. The summed E-state index contributed by atoms with van der Waals surface area (Å²) in [7, 11) is 3.26. The zero-order valence-corrected chi connectivity index (χ0v) is 5.50. The van der Waals surface area contributed by atoms with Gasteiger partial charge in [-0.05, 0) is 12.1 Å². The Morgan fingerprint density at radius 2 is 1.67 bits per heavy atom. The minimum atomic E-state index is 0. The molecule has 1 nitrogen and oxygen atoms in total. The predicted molar refractivity (Wildman–Crippen MR) is 32.4 cm³/mol. The molecule has 0 atom stereocenters. The number of para-hydroxylation sites is 1. The molecule has 9 heavy (non-hydrogen) atoms. The Hall–Kier alpha value is -0.383. The first kappa shape index (κ1) is 8.62. The average Bonchev–Trinajstić information content (AvgIpc) is 1.90. The molecule has 0 spiro atoms. The molecule has 0 amide bonds. The van der Waals surface area contributed by atoms with E-state index in [1.807, 2.05) is 30.3 Å². The fourth-order valence-corrected chi connectivity index (χ4v) is 0.517. The van der Waals surface area contributed by atoms with Gasteiger partial charge in [-0.3, -0.25) is 0 Å². The SMILES string of the molecule is [CH2-]Oc1ccccc1.[Li+]. The number of hydrogen-bond acceptors (Lipinski definition) is 1. The summed E-state index contributed by atoms with van der Waals surface area (Å²) in [5.41, 5.74) is 0. The molecule has 0 radical (unpaired) electrons. The number of benzene rings is 1. The van der Waals surface area contributed by atoms with E-state index in [0.717, 1.165) is 5.75 Å². The largest absolute Gasteiger partial charge is 1.00 e. The maximum Gasteiger partial charge on any atom is 1.00 e. The summed E-state index contributed by atoms with van der Waals surface area (Å²) < 4.78 is 4.66. The Bertz CT molecular complexity index is 150. The zero-order chi connectivity index (χ0) is 5.82. The van der Waals surface area contributed by atoms with Crippen molar-refractivity contribution in [3.8, 4) is 5.75 Å². The van der Waals surface area contributed by atoms with Crippen LogP contribution in [0.4, 0.5) is 0 Å². The molecular formula is C7H7LiO. The van der Waals surface area contributed by atoms with Crippen LogP contribution in [0.25, 0.3) is 0 Å². The Kier molecular flexibility index (Phi) is 4.30. The minimum Gasteiger partial charge on any atom is -0.665 e. The van der Waals surface area contributed by atoms with Crippen molar-refractivity contribution in [3.63, 3.8) is 0 Å². The molecule has 0 unspecified atom stereocenters. The number of hydrogen-bond donors (Lipinski definition) is 0. The van der Waals surface area contributed by atoms with Crippen molar-refractivity contribution in [2.45, 2.75) is 0 Å². The van der Waals surface area contributed by atoms with Gasteiger partial charge in [0.05, 0.1) is 5.75 Å². The van der Waals surface area contributed by atoms with Crippen LogP contribution in [0.1, 0.15) is 0 Å². The van der Waals surface area contributed by atoms with E-state index in [2.05, 4.69) is 11.8 Å². The van der Waals surface area contributed by atoms with Crippen LogP contribution in [-0.4, -0.2) is 0 Å². The Morgan fingerprint density at radius 3 is 2.00 bits per heavy atom. The van der Waals surface area contributed by atoms with Gasteiger partial charge in [0.25, 0.3) is 0 Å². The van der Waals surface area contributed by atoms with E-state index in [9.17, 15) is 0 Å². The molecule has 1 aromatic rings. The van der Waals surface area contributed by atoms with Crippen molar-refractivity contribution >= 4 is 0 Å². The van der Waals surface area contributed by atoms with Crippen molar-refractivity contribution in [2.75, 3.05) is 0 Å². The molecule has 0 heterocycles. The molecule has 0 fully saturated rings. The minimum absolute atomic E-state index is 0. The van der Waals surface area contributed by atoms with Crippen LogP contribution < -0.4 is 23.6 Å². The van der Waals surface area contributed by atoms with E-state index in [1.165, 1.54) is 0 Å². The third-order valence-electron chi connectivity index (χ3n) is 0.910. The van der Waals surface area contributed by atoms with Crippen LogP contribution in [0.3, 0.4) is 0 Å². The molecule has 1 aromatic carbocycles. The van der Waals surface area contributed by atoms with Crippen LogP contribution in [0, 0.1) is 7.11 Å². The third-order valence-corrected chi connectivity index (χ3v) is 0.910. The normalized spacial score (nSPS) is 7.67. The second-order valence-corrected chi connectivity index (χ2v) is 1.46. The molecule has 1 rings (SSSR count). The summed E-state index contributed by atoms with van der Waals surface area (Å²) in [6.07, 6.45) is 0. The topological polar surface area (TPSA) is 9.23 Å². The summed E-state index contributed by atoms with van der Waals surface area (Å²) >= 11 is 0. The van der Waals surface area contributed by atoms with E-state index in [4.69, 9.17) is 0 Å². The predicted octanol–water partition coefficient (Wildman–Crippen LogP) is -1.14. The van der Waals surface area contributed by atoms with E-state index < -0.39 is 0 Å². The van der Waals surface area contributed by atoms with Crippen LogP contribution in [0.2, 0.25) is 0 Å². The van der Waals surface area contributed by atoms with Crippen molar-refractivity contribution < 1.29 is 23.6 Å². The monoisotopic (exact) mass is 114 g/mol. The summed E-state index contributed by atoms with van der Waals surface area (Å²) in [4.78, 5) is 0. The van der Waals surface area contributed by atoms with Gasteiger partial charge in [-0.2, -0.15) is 7.11 Å². The molecule has 0 bridgehead atoms. The standard InChI is InChI=1S/C7H7O.Li/c1-8-7-5-3-2-4-6-7;/h2-6H,1H2;/q-1;+1. The first-order valence-electron chi connectivity index (χ1n) is 2.40. The molecule has 0 aliphatic carbocycles. The van der Waals surface area contributed by atoms with Crippen molar-refractivity contribution in [2.24, 2.45) is 0 Å². The van der Waals surface area contributed by atoms with Gasteiger partial charge < -0.3 is 4.74 Å². The van der Waals surface area contributed by atoms with Gasteiger partial charge in [0.2, 0.25) is 0 Å². The van der Waals surface area contributed by atoms with Crippen LogP contribution >= 0.6 is 0 Å². The third kappa shape index (κ3) is 2.60. The number of rotatable bonds is 1. The smallest absolute Gasteiger partial charge is 0.665 e. The summed E-state index contributed by atoms with van der Waals surface area (Å²) in [5.74, 6) is 0.799. The first-order chi connectivity index (χ1) is 3.93. The number of ether oxygens (including phenoxy) is 1. The van der Waals surface area contributed by atoms with E-state index >= 15 is 0 Å². The van der Waals surface area contributed by atoms with E-state index in [-0.39, 0.29) is 18.9 Å². The Morgan fingerprint density at radius 1 is 1.11 bits per heavy atom. The molecule has 0 aliphatic heterocycles. The first-order valence-corrected chi connectivity index (χ1v) is 2.40. The Balaban J connectivity index is 0.000000640. The molecule has 42 valence electrons. The van der Waals surface area contributed by atoms with Crippen molar-refractivity contribution in [1.29, 1.82) is 0 Å². The van der Waals surface area contributed by atoms with Gasteiger partial charge in [-0.25, -0.2) is 0 Å². The van der Waals surface area contributed by atoms with E-state index in [1.54, 1.807) is 0 Å². The van der Waals surface area contributed by atoms with Crippen LogP contribution in [0.5, 0.6) is 5.75 Å².